The maximum atomic E-state index is 10.0. The molecule has 0 bridgehead atoms. The third kappa shape index (κ3) is 4.86. The number of carbonyl (C=O) groups is 4. The second-order valence-electron chi connectivity index (χ2n) is 1.52. The molecule has 1 N–H and O–H groups in total. The summed E-state index contributed by atoms with van der Waals surface area (Å²) in [4.78, 5) is 38.0. The first kappa shape index (κ1) is 10.0. The molecule has 12 heavy (non-hydrogen) atoms. The van der Waals surface area contributed by atoms with Crippen LogP contribution in [0.3, 0.4) is 0 Å². The summed E-state index contributed by atoms with van der Waals surface area (Å²) in [7, 11) is 0. The van der Waals surface area contributed by atoms with E-state index in [4.69, 9.17) is 9.59 Å². The zero-order valence-corrected chi connectivity index (χ0v) is 5.85. The van der Waals surface area contributed by atoms with Crippen LogP contribution in [0.5, 0.6) is 0 Å². The van der Waals surface area contributed by atoms with E-state index < -0.39 is 0 Å². The monoisotopic (exact) mass is 171 g/mol. The Morgan fingerprint density at radius 3 is 1.58 bits per heavy atom. The summed E-state index contributed by atoms with van der Waals surface area (Å²) in [6.45, 7) is 0.125. The zero-order valence-electron chi connectivity index (χ0n) is 5.85. The molecule has 0 fully saturated rings. The molecule has 2 amide bonds. The van der Waals surface area contributed by atoms with Gasteiger partial charge in [-0.25, -0.2) is 0 Å². The highest BCUT2D eigenvalue weighted by molar-refractivity contribution is 6.12. The Kier molecular flexibility index (Phi) is 4.83. The fourth-order valence-electron chi connectivity index (χ4n) is 0.379. The Bertz CT molecular complexity index is 210. The second-order valence-corrected chi connectivity index (χ2v) is 1.52. The van der Waals surface area contributed by atoms with E-state index in [0.717, 1.165) is 0 Å². The smallest absolute Gasteiger partial charge is 0.300 e. The van der Waals surface area contributed by atoms with Crippen LogP contribution >= 0.6 is 0 Å². The van der Waals surface area contributed by atoms with Crippen LogP contribution in [0.1, 0.15) is 0 Å². The van der Waals surface area contributed by atoms with Crippen molar-refractivity contribution < 1.29 is 23.9 Å². The molecular weight excluding hydrogens is 166 g/mol. The molecule has 1 aliphatic heterocycles. The van der Waals surface area contributed by atoms with Gasteiger partial charge in [0, 0.05) is 12.2 Å². The summed E-state index contributed by atoms with van der Waals surface area (Å²) in [6, 6.07) is 0. The molecule has 0 saturated heterocycles. The van der Waals surface area contributed by atoms with Gasteiger partial charge in [0.15, 0.2) is 0 Å². The quantitative estimate of drug-likeness (QED) is 0.310. The van der Waals surface area contributed by atoms with Crippen LogP contribution in [0, 0.1) is 0 Å². The van der Waals surface area contributed by atoms with Crippen molar-refractivity contribution >= 4 is 24.8 Å². The topological polar surface area (TPSA) is 89.5 Å². The molecule has 1 aliphatic rings. The first-order chi connectivity index (χ1) is 5.70. The summed E-state index contributed by atoms with van der Waals surface area (Å²) in [5, 5.41) is 2.03. The first-order valence-electron chi connectivity index (χ1n) is 2.76. The minimum Gasteiger partial charge on any atom is -0.398 e. The van der Waals surface area contributed by atoms with Crippen LogP contribution in [0.15, 0.2) is 12.2 Å². The van der Waals surface area contributed by atoms with Crippen molar-refractivity contribution in [1.82, 2.24) is 5.32 Å². The van der Waals surface area contributed by atoms with Crippen LogP contribution in [-0.2, 0) is 23.9 Å². The van der Waals surface area contributed by atoms with Crippen molar-refractivity contribution in [2.75, 3.05) is 0 Å². The van der Waals surface area contributed by atoms with E-state index in [1.165, 1.54) is 12.2 Å². The third-order valence-corrected chi connectivity index (χ3v) is 0.744. The van der Waals surface area contributed by atoms with Crippen LogP contribution < -0.4 is 5.32 Å². The van der Waals surface area contributed by atoms with E-state index in [2.05, 4.69) is 4.74 Å². The average Bonchev–Trinajstić information content (AvgIpc) is 2.38. The zero-order chi connectivity index (χ0) is 9.40. The number of hydrogen-bond acceptors (Lipinski definition) is 5. The predicted molar refractivity (Wildman–Crippen MR) is 35.5 cm³/mol. The van der Waals surface area contributed by atoms with Crippen LogP contribution in [0.4, 0.5) is 0 Å². The average molecular weight is 171 g/mol. The van der Waals surface area contributed by atoms with Crippen LogP contribution in [0.25, 0.3) is 0 Å². The van der Waals surface area contributed by atoms with E-state index in [9.17, 15) is 9.59 Å². The van der Waals surface area contributed by atoms with E-state index in [1.54, 1.807) is 0 Å². The number of rotatable bonds is 2. The number of carbonyl (C=O) groups excluding carboxylic acids is 4. The van der Waals surface area contributed by atoms with Gasteiger partial charge in [0.25, 0.3) is 11.8 Å². The van der Waals surface area contributed by atoms with Crippen molar-refractivity contribution in [2.24, 2.45) is 0 Å². The Hall–Kier alpha value is -1.98. The molecule has 6 heteroatoms. The van der Waals surface area contributed by atoms with Gasteiger partial charge in [0.05, 0.1) is 0 Å². The van der Waals surface area contributed by atoms with Gasteiger partial charge in [0.2, 0.25) is 0 Å². The molecule has 0 aromatic carbocycles. The maximum Gasteiger partial charge on any atom is 0.300 e. The molecule has 0 aliphatic carbocycles. The SMILES string of the molecule is O=C1C=CC(=O)N1.O=COC=O. The minimum atomic E-state index is -0.329. The molecule has 1 heterocycles. The number of amides is 2. The van der Waals surface area contributed by atoms with Gasteiger partial charge in [-0.3, -0.25) is 24.5 Å². The van der Waals surface area contributed by atoms with E-state index >= 15 is 0 Å². The summed E-state index contributed by atoms with van der Waals surface area (Å²) in [5.74, 6) is -0.657. The Balaban J connectivity index is 0.000000217. The Labute approximate surface area is 67.2 Å². The van der Waals surface area contributed by atoms with Gasteiger partial charge in [-0.1, -0.05) is 0 Å². The lowest BCUT2D eigenvalue weighted by Gasteiger charge is -1.80. The minimum absolute atomic E-state index is 0.0625. The van der Waals surface area contributed by atoms with Crippen molar-refractivity contribution in [3.8, 4) is 0 Å². The molecule has 0 aromatic rings. The number of hydrogen-bond donors (Lipinski definition) is 1. The molecule has 64 valence electrons. The lowest BCUT2D eigenvalue weighted by Crippen LogP contribution is -2.19. The molecule has 0 unspecified atom stereocenters. The molecule has 6 nitrogen and oxygen atoms in total. The summed E-state index contributed by atoms with van der Waals surface area (Å²) in [5.41, 5.74) is 0. The van der Waals surface area contributed by atoms with Crippen LogP contribution in [0.2, 0.25) is 0 Å². The molecule has 0 spiro atoms. The lowest BCUT2D eigenvalue weighted by molar-refractivity contribution is -0.141. The maximum absolute atomic E-state index is 10.0. The first-order valence-corrected chi connectivity index (χ1v) is 2.76. The highest BCUT2D eigenvalue weighted by atomic mass is 16.6. The van der Waals surface area contributed by atoms with Crippen LogP contribution in [-0.4, -0.2) is 24.8 Å². The van der Waals surface area contributed by atoms with Gasteiger partial charge in [-0.2, -0.15) is 0 Å². The number of nitrogens with one attached hydrogen (secondary N) is 1. The van der Waals surface area contributed by atoms with Gasteiger partial charge < -0.3 is 4.74 Å². The fraction of sp³-hybridized carbons (Fsp3) is 0. The molecule has 0 saturated carbocycles. The van der Waals surface area contributed by atoms with Gasteiger partial charge >= 0.3 is 12.9 Å². The lowest BCUT2D eigenvalue weighted by atomic mass is 10.6. The highest BCUT2D eigenvalue weighted by Crippen LogP contribution is 1.82. The van der Waals surface area contributed by atoms with E-state index in [0.29, 0.717) is 0 Å². The van der Waals surface area contributed by atoms with Gasteiger partial charge in [-0.15, -0.1) is 0 Å². The molecular formula is C6H5NO5. The van der Waals surface area contributed by atoms with Crippen molar-refractivity contribution in [3.05, 3.63) is 12.2 Å². The number of ether oxygens (including phenoxy) is 1. The van der Waals surface area contributed by atoms with Gasteiger partial charge in [0.1, 0.15) is 0 Å². The Morgan fingerprint density at radius 1 is 1.08 bits per heavy atom. The van der Waals surface area contributed by atoms with E-state index in [1.807, 2.05) is 5.32 Å². The molecule has 0 radical (unpaired) electrons. The molecule has 0 atom stereocenters. The fourth-order valence-corrected chi connectivity index (χ4v) is 0.379. The number of imide groups is 1. The highest BCUT2D eigenvalue weighted by Gasteiger charge is 2.06. The van der Waals surface area contributed by atoms with Crippen molar-refractivity contribution in [1.29, 1.82) is 0 Å². The van der Waals surface area contributed by atoms with Crippen molar-refractivity contribution in [2.45, 2.75) is 0 Å². The molecule has 1 rings (SSSR count). The summed E-state index contributed by atoms with van der Waals surface area (Å²) >= 11 is 0. The van der Waals surface area contributed by atoms with E-state index in [-0.39, 0.29) is 24.8 Å². The summed E-state index contributed by atoms with van der Waals surface area (Å²) < 4.78 is 3.47. The predicted octanol–water partition coefficient (Wildman–Crippen LogP) is -1.49. The standard InChI is InChI=1S/C4H3NO2.C2H2O3/c6-3-1-2-4(7)5-3;3-1-5-2-4/h1-2H,(H,5,6,7);1-2H. The Morgan fingerprint density at radius 2 is 1.50 bits per heavy atom. The second kappa shape index (κ2) is 5.78. The third-order valence-electron chi connectivity index (χ3n) is 0.744. The molecule has 0 aromatic heterocycles. The van der Waals surface area contributed by atoms with Crippen molar-refractivity contribution in [3.63, 3.8) is 0 Å². The summed E-state index contributed by atoms with van der Waals surface area (Å²) in [6.07, 6.45) is 2.39. The normalized spacial score (nSPS) is 12.7. The van der Waals surface area contributed by atoms with Gasteiger partial charge in [-0.05, 0) is 0 Å². The largest absolute Gasteiger partial charge is 0.398 e.